The molecule has 0 aliphatic heterocycles. The van der Waals surface area contributed by atoms with Crippen molar-refractivity contribution in [3.8, 4) is 11.6 Å². The summed E-state index contributed by atoms with van der Waals surface area (Å²) in [5.41, 5.74) is 0.759. The highest BCUT2D eigenvalue weighted by Crippen LogP contribution is 2.51. The maximum atomic E-state index is 12.8. The standard InChI is InChI=1S/C16H19FNO4P/c1-3-20-23(19,21-4-2)12-13-6-5-7-15(10-13)22-16-9-8-14(17)11-18-16/h5-11H,3-4,12H2,1-2H3. The Hall–Kier alpha value is -1.75. The van der Waals surface area contributed by atoms with E-state index in [-0.39, 0.29) is 12.0 Å². The predicted molar refractivity (Wildman–Crippen MR) is 85.3 cm³/mol. The number of halogens is 1. The summed E-state index contributed by atoms with van der Waals surface area (Å²) in [6, 6.07) is 9.76. The van der Waals surface area contributed by atoms with Crippen molar-refractivity contribution in [1.82, 2.24) is 4.98 Å². The Morgan fingerprint density at radius 2 is 1.87 bits per heavy atom. The first-order chi connectivity index (χ1) is 11.0. The fourth-order valence-corrected chi connectivity index (χ4v) is 3.68. The Morgan fingerprint density at radius 1 is 1.13 bits per heavy atom. The third-order valence-electron chi connectivity index (χ3n) is 2.85. The zero-order valence-corrected chi connectivity index (χ0v) is 14.0. The fraction of sp³-hybridized carbons (Fsp3) is 0.312. The molecule has 1 aromatic heterocycles. The third-order valence-corrected chi connectivity index (χ3v) is 4.90. The minimum atomic E-state index is -3.17. The SMILES string of the molecule is CCOP(=O)(Cc1cccc(Oc2ccc(F)cn2)c1)OCC. The number of hydrogen-bond donors (Lipinski definition) is 0. The van der Waals surface area contributed by atoms with Crippen molar-refractivity contribution in [2.24, 2.45) is 0 Å². The van der Waals surface area contributed by atoms with Gasteiger partial charge in [0.05, 0.1) is 25.6 Å². The summed E-state index contributed by atoms with van der Waals surface area (Å²) < 4.78 is 41.5. The maximum Gasteiger partial charge on any atom is 0.335 e. The van der Waals surface area contributed by atoms with Crippen molar-refractivity contribution >= 4 is 7.60 Å². The molecular formula is C16H19FNO4P. The van der Waals surface area contributed by atoms with Crippen LogP contribution in [-0.4, -0.2) is 18.2 Å². The van der Waals surface area contributed by atoms with E-state index in [0.717, 1.165) is 11.8 Å². The number of benzene rings is 1. The first-order valence-corrected chi connectivity index (χ1v) is 9.04. The summed E-state index contributed by atoms with van der Waals surface area (Å²) in [6.07, 6.45) is 1.24. The smallest absolute Gasteiger partial charge is 0.335 e. The normalized spacial score (nSPS) is 11.4. The molecule has 1 heterocycles. The van der Waals surface area contributed by atoms with Gasteiger partial charge >= 0.3 is 7.60 Å². The summed E-state index contributed by atoms with van der Waals surface area (Å²) in [7, 11) is -3.17. The Morgan fingerprint density at radius 3 is 2.48 bits per heavy atom. The molecule has 0 aliphatic rings. The highest BCUT2D eigenvalue weighted by molar-refractivity contribution is 7.53. The van der Waals surface area contributed by atoms with E-state index >= 15 is 0 Å². The Kier molecular flexibility index (Phi) is 6.28. The Balaban J connectivity index is 2.12. The molecule has 2 aromatic rings. The van der Waals surface area contributed by atoms with E-state index in [1.54, 1.807) is 32.0 Å². The number of pyridine rings is 1. The number of rotatable bonds is 8. The van der Waals surface area contributed by atoms with Gasteiger partial charge in [0.1, 0.15) is 11.6 Å². The highest BCUT2D eigenvalue weighted by atomic mass is 31.2. The molecule has 0 saturated heterocycles. The molecule has 124 valence electrons. The summed E-state index contributed by atoms with van der Waals surface area (Å²) in [5.74, 6) is 0.364. The largest absolute Gasteiger partial charge is 0.439 e. The third kappa shape index (κ3) is 5.43. The monoisotopic (exact) mass is 339 g/mol. The lowest BCUT2D eigenvalue weighted by atomic mass is 10.2. The van der Waals surface area contributed by atoms with Gasteiger partial charge in [-0.05, 0) is 37.6 Å². The molecule has 0 radical (unpaired) electrons. The average Bonchev–Trinajstić information content (AvgIpc) is 2.50. The summed E-state index contributed by atoms with van der Waals surface area (Å²) in [5, 5.41) is 0. The molecule has 0 atom stereocenters. The van der Waals surface area contributed by atoms with Crippen LogP contribution in [0.3, 0.4) is 0 Å². The number of aromatic nitrogens is 1. The quantitative estimate of drug-likeness (QED) is 0.648. The first kappa shape index (κ1) is 17.6. The van der Waals surface area contributed by atoms with Crippen LogP contribution in [-0.2, 0) is 19.8 Å². The van der Waals surface area contributed by atoms with Gasteiger partial charge in [-0.15, -0.1) is 0 Å². The molecule has 0 N–H and O–H groups in total. The molecule has 1 aromatic carbocycles. The number of hydrogen-bond acceptors (Lipinski definition) is 5. The number of nitrogens with zero attached hydrogens (tertiary/aromatic N) is 1. The van der Waals surface area contributed by atoms with Crippen molar-refractivity contribution in [2.75, 3.05) is 13.2 Å². The topological polar surface area (TPSA) is 57.7 Å². The molecule has 0 unspecified atom stereocenters. The van der Waals surface area contributed by atoms with Gasteiger partial charge in [-0.25, -0.2) is 9.37 Å². The van der Waals surface area contributed by atoms with E-state index in [2.05, 4.69) is 4.98 Å². The summed E-state index contributed by atoms with van der Waals surface area (Å²) >= 11 is 0. The summed E-state index contributed by atoms with van der Waals surface area (Å²) in [6.45, 7) is 4.16. The van der Waals surface area contributed by atoms with Crippen molar-refractivity contribution < 1.29 is 22.7 Å². The lowest BCUT2D eigenvalue weighted by Gasteiger charge is -2.17. The second-order valence-corrected chi connectivity index (χ2v) is 6.72. The molecular weight excluding hydrogens is 320 g/mol. The zero-order valence-electron chi connectivity index (χ0n) is 13.1. The van der Waals surface area contributed by atoms with Gasteiger partial charge in [0, 0.05) is 6.07 Å². The van der Waals surface area contributed by atoms with Gasteiger partial charge in [-0.3, -0.25) is 4.57 Å². The fourth-order valence-electron chi connectivity index (χ4n) is 2.00. The molecule has 0 saturated carbocycles. The minimum absolute atomic E-state index is 0.155. The van der Waals surface area contributed by atoms with Crippen LogP contribution in [0.4, 0.5) is 4.39 Å². The Labute approximate surface area is 135 Å². The molecule has 5 nitrogen and oxygen atoms in total. The van der Waals surface area contributed by atoms with Crippen molar-refractivity contribution in [2.45, 2.75) is 20.0 Å². The molecule has 0 spiro atoms. The molecule has 23 heavy (non-hydrogen) atoms. The van der Waals surface area contributed by atoms with Crippen LogP contribution in [0, 0.1) is 5.82 Å². The second kappa shape index (κ2) is 8.20. The minimum Gasteiger partial charge on any atom is -0.439 e. The van der Waals surface area contributed by atoms with Crippen LogP contribution >= 0.6 is 7.60 Å². The molecule has 0 amide bonds. The van der Waals surface area contributed by atoms with Crippen molar-refractivity contribution in [3.63, 3.8) is 0 Å². The van der Waals surface area contributed by atoms with E-state index in [9.17, 15) is 8.96 Å². The lowest BCUT2D eigenvalue weighted by molar-refractivity contribution is 0.219. The van der Waals surface area contributed by atoms with Gasteiger partial charge < -0.3 is 13.8 Å². The Bertz CT molecular complexity index is 668. The van der Waals surface area contributed by atoms with Gasteiger partial charge in [0.15, 0.2) is 0 Å². The predicted octanol–water partition coefficient (Wildman–Crippen LogP) is 4.78. The van der Waals surface area contributed by atoms with Gasteiger partial charge in [-0.2, -0.15) is 0 Å². The van der Waals surface area contributed by atoms with Crippen LogP contribution in [0.25, 0.3) is 0 Å². The van der Waals surface area contributed by atoms with E-state index in [1.165, 1.54) is 12.1 Å². The van der Waals surface area contributed by atoms with Crippen molar-refractivity contribution in [1.29, 1.82) is 0 Å². The van der Waals surface area contributed by atoms with Gasteiger partial charge in [0.25, 0.3) is 0 Å². The number of ether oxygens (including phenoxy) is 1. The first-order valence-electron chi connectivity index (χ1n) is 7.31. The molecule has 0 bridgehead atoms. The van der Waals surface area contributed by atoms with Crippen LogP contribution < -0.4 is 4.74 Å². The van der Waals surface area contributed by atoms with E-state index in [4.69, 9.17) is 13.8 Å². The molecule has 0 aliphatic carbocycles. The van der Waals surface area contributed by atoms with Crippen molar-refractivity contribution in [3.05, 3.63) is 54.0 Å². The maximum absolute atomic E-state index is 12.8. The average molecular weight is 339 g/mol. The van der Waals surface area contributed by atoms with E-state index in [0.29, 0.717) is 19.0 Å². The molecule has 2 rings (SSSR count). The molecule has 0 fully saturated rings. The van der Waals surface area contributed by atoms with E-state index in [1.807, 2.05) is 6.07 Å². The van der Waals surface area contributed by atoms with Crippen LogP contribution in [0.5, 0.6) is 11.6 Å². The highest BCUT2D eigenvalue weighted by Gasteiger charge is 2.24. The van der Waals surface area contributed by atoms with Crippen LogP contribution in [0.2, 0.25) is 0 Å². The van der Waals surface area contributed by atoms with Crippen LogP contribution in [0.15, 0.2) is 42.6 Å². The lowest BCUT2D eigenvalue weighted by Crippen LogP contribution is -1.99. The van der Waals surface area contributed by atoms with Gasteiger partial charge in [0.2, 0.25) is 5.88 Å². The van der Waals surface area contributed by atoms with E-state index < -0.39 is 13.4 Å². The van der Waals surface area contributed by atoms with Gasteiger partial charge in [-0.1, -0.05) is 12.1 Å². The summed E-state index contributed by atoms with van der Waals surface area (Å²) in [4.78, 5) is 3.84. The molecule has 7 heteroatoms. The second-order valence-electron chi connectivity index (χ2n) is 4.67. The van der Waals surface area contributed by atoms with Crippen LogP contribution in [0.1, 0.15) is 19.4 Å². The zero-order chi connectivity index (χ0) is 16.7.